The Kier molecular flexibility index (Phi) is 6.45. The van der Waals surface area contributed by atoms with Crippen molar-refractivity contribution < 1.29 is 14.3 Å². The summed E-state index contributed by atoms with van der Waals surface area (Å²) < 4.78 is 11.9. The van der Waals surface area contributed by atoms with Gasteiger partial charge in [0.2, 0.25) is 0 Å². The number of carbonyl (C=O) groups is 1. The average Bonchev–Trinajstić information content (AvgIpc) is 2.55. The van der Waals surface area contributed by atoms with Gasteiger partial charge >= 0.3 is 6.03 Å². The number of primary amides is 1. The standard InChI is InChI=1S/C16H15BrClN3O3/c1-23-14-6-11(8-20-21-16(19)22)13(17)7-15(14)24-9-10-2-4-12(18)5-3-10/h2-8H,9H2,1H3,(H3,19,21,22)/b20-8+. The molecule has 2 aromatic carbocycles. The molecule has 3 N–H and O–H groups in total. The molecule has 0 radical (unpaired) electrons. The van der Waals surface area contributed by atoms with Crippen molar-refractivity contribution in [1.82, 2.24) is 5.43 Å². The first kappa shape index (κ1) is 18.1. The van der Waals surface area contributed by atoms with Crippen LogP contribution < -0.4 is 20.6 Å². The number of nitrogens with two attached hydrogens (primary N) is 1. The van der Waals surface area contributed by atoms with Gasteiger partial charge in [-0.1, -0.05) is 23.7 Å². The third-order valence-corrected chi connectivity index (χ3v) is 3.91. The molecule has 2 amide bonds. The highest BCUT2D eigenvalue weighted by Gasteiger charge is 2.10. The van der Waals surface area contributed by atoms with Crippen LogP contribution in [0.4, 0.5) is 4.79 Å². The van der Waals surface area contributed by atoms with Gasteiger partial charge < -0.3 is 15.2 Å². The predicted octanol–water partition coefficient (Wildman–Crippen LogP) is 3.69. The van der Waals surface area contributed by atoms with E-state index in [1.165, 1.54) is 6.21 Å². The molecule has 126 valence electrons. The smallest absolute Gasteiger partial charge is 0.332 e. The molecule has 0 unspecified atom stereocenters. The van der Waals surface area contributed by atoms with Crippen molar-refractivity contribution in [3.63, 3.8) is 0 Å². The number of nitrogens with zero attached hydrogens (tertiary/aromatic N) is 1. The number of urea groups is 1. The third-order valence-electron chi connectivity index (χ3n) is 2.97. The number of hydrogen-bond donors (Lipinski definition) is 2. The molecule has 0 bridgehead atoms. The molecular weight excluding hydrogens is 398 g/mol. The summed E-state index contributed by atoms with van der Waals surface area (Å²) in [5.41, 5.74) is 8.75. The van der Waals surface area contributed by atoms with E-state index < -0.39 is 6.03 Å². The highest BCUT2D eigenvalue weighted by atomic mass is 79.9. The number of rotatable bonds is 6. The Labute approximate surface area is 152 Å². The molecular formula is C16H15BrClN3O3. The molecule has 2 aromatic rings. The fourth-order valence-corrected chi connectivity index (χ4v) is 2.38. The molecule has 0 spiro atoms. The van der Waals surface area contributed by atoms with E-state index in [0.717, 1.165) is 10.0 Å². The highest BCUT2D eigenvalue weighted by Crippen LogP contribution is 2.33. The zero-order valence-corrected chi connectivity index (χ0v) is 15.1. The van der Waals surface area contributed by atoms with Crippen LogP contribution >= 0.6 is 27.5 Å². The van der Waals surface area contributed by atoms with Gasteiger partial charge in [-0.2, -0.15) is 5.10 Å². The van der Waals surface area contributed by atoms with Crippen LogP contribution in [0.1, 0.15) is 11.1 Å². The van der Waals surface area contributed by atoms with Crippen molar-refractivity contribution in [3.05, 3.63) is 57.0 Å². The lowest BCUT2D eigenvalue weighted by Crippen LogP contribution is -2.24. The van der Waals surface area contributed by atoms with Gasteiger partial charge in [-0.3, -0.25) is 0 Å². The minimum absolute atomic E-state index is 0.372. The fraction of sp³-hybridized carbons (Fsp3) is 0.125. The largest absolute Gasteiger partial charge is 0.493 e. The number of carbonyl (C=O) groups excluding carboxylic acids is 1. The van der Waals surface area contributed by atoms with Crippen LogP contribution in [0.3, 0.4) is 0 Å². The summed E-state index contributed by atoms with van der Waals surface area (Å²) in [6, 6.07) is 10.1. The van der Waals surface area contributed by atoms with Crippen molar-refractivity contribution in [2.24, 2.45) is 10.8 Å². The van der Waals surface area contributed by atoms with E-state index in [0.29, 0.717) is 28.7 Å². The maximum absolute atomic E-state index is 10.6. The normalized spacial score (nSPS) is 10.6. The van der Waals surface area contributed by atoms with Crippen LogP contribution in [0.25, 0.3) is 0 Å². The van der Waals surface area contributed by atoms with E-state index in [1.54, 1.807) is 31.4 Å². The first-order valence-electron chi connectivity index (χ1n) is 6.83. The van der Waals surface area contributed by atoms with Crippen molar-refractivity contribution >= 4 is 39.8 Å². The summed E-state index contributed by atoms with van der Waals surface area (Å²) in [6.45, 7) is 0.372. The minimum atomic E-state index is -0.739. The van der Waals surface area contributed by atoms with Crippen LogP contribution in [-0.4, -0.2) is 19.4 Å². The van der Waals surface area contributed by atoms with E-state index in [1.807, 2.05) is 12.1 Å². The SMILES string of the molecule is COc1cc(/C=N/NC(N)=O)c(Br)cc1OCc1ccc(Cl)cc1. The number of amides is 2. The Morgan fingerprint density at radius 3 is 2.67 bits per heavy atom. The van der Waals surface area contributed by atoms with E-state index in [-0.39, 0.29) is 0 Å². The summed E-state index contributed by atoms with van der Waals surface area (Å²) >= 11 is 9.29. The Morgan fingerprint density at radius 2 is 2.04 bits per heavy atom. The summed E-state index contributed by atoms with van der Waals surface area (Å²) in [4.78, 5) is 10.6. The number of benzene rings is 2. The summed E-state index contributed by atoms with van der Waals surface area (Å²) in [5.74, 6) is 1.10. The first-order chi connectivity index (χ1) is 11.5. The van der Waals surface area contributed by atoms with Gasteiger partial charge in [0.05, 0.1) is 13.3 Å². The summed E-state index contributed by atoms with van der Waals surface area (Å²) in [7, 11) is 1.54. The number of ether oxygens (including phenoxy) is 2. The van der Waals surface area contributed by atoms with E-state index in [9.17, 15) is 4.79 Å². The second-order valence-corrected chi connectivity index (χ2v) is 5.96. The van der Waals surface area contributed by atoms with Gasteiger partial charge in [-0.15, -0.1) is 0 Å². The number of methoxy groups -OCH3 is 1. The molecule has 0 aliphatic rings. The van der Waals surface area contributed by atoms with Crippen molar-refractivity contribution in [3.8, 4) is 11.5 Å². The zero-order chi connectivity index (χ0) is 17.5. The molecule has 8 heteroatoms. The third kappa shape index (κ3) is 5.14. The molecule has 0 atom stereocenters. The summed E-state index contributed by atoms with van der Waals surface area (Å²) in [6.07, 6.45) is 1.44. The fourth-order valence-electron chi connectivity index (χ4n) is 1.83. The monoisotopic (exact) mass is 411 g/mol. The topological polar surface area (TPSA) is 85.9 Å². The van der Waals surface area contributed by atoms with Crippen molar-refractivity contribution in [2.75, 3.05) is 7.11 Å². The Bertz CT molecular complexity index is 751. The Morgan fingerprint density at radius 1 is 1.33 bits per heavy atom. The van der Waals surface area contributed by atoms with Crippen LogP contribution in [0.5, 0.6) is 11.5 Å². The summed E-state index contributed by atoms with van der Waals surface area (Å²) in [5, 5.41) is 4.39. The molecule has 0 saturated heterocycles. The number of nitrogens with one attached hydrogen (secondary N) is 1. The Balaban J connectivity index is 2.15. The lowest BCUT2D eigenvalue weighted by molar-refractivity contribution is 0.249. The molecule has 0 aliphatic carbocycles. The second-order valence-electron chi connectivity index (χ2n) is 4.67. The quantitative estimate of drug-likeness (QED) is 0.560. The van der Waals surface area contributed by atoms with Crippen LogP contribution in [0, 0.1) is 0 Å². The number of hydrazone groups is 1. The van der Waals surface area contributed by atoms with Crippen molar-refractivity contribution in [2.45, 2.75) is 6.61 Å². The molecule has 6 nitrogen and oxygen atoms in total. The van der Waals surface area contributed by atoms with Gasteiger partial charge in [-0.05, 0) is 45.8 Å². The minimum Gasteiger partial charge on any atom is -0.493 e. The Hall–Kier alpha value is -2.25. The maximum atomic E-state index is 10.6. The molecule has 0 aliphatic heterocycles. The lowest BCUT2D eigenvalue weighted by atomic mass is 10.2. The second kappa shape index (κ2) is 8.56. The highest BCUT2D eigenvalue weighted by molar-refractivity contribution is 9.10. The molecule has 0 saturated carbocycles. The van der Waals surface area contributed by atoms with E-state index in [4.69, 9.17) is 26.8 Å². The van der Waals surface area contributed by atoms with Gasteiger partial charge in [0, 0.05) is 15.1 Å². The first-order valence-corrected chi connectivity index (χ1v) is 8.00. The average molecular weight is 413 g/mol. The molecule has 0 heterocycles. The number of halogens is 2. The van der Waals surface area contributed by atoms with Crippen LogP contribution in [-0.2, 0) is 6.61 Å². The molecule has 0 fully saturated rings. The van der Waals surface area contributed by atoms with E-state index in [2.05, 4.69) is 26.5 Å². The van der Waals surface area contributed by atoms with Crippen LogP contribution in [0.15, 0.2) is 46.0 Å². The van der Waals surface area contributed by atoms with Gasteiger partial charge in [-0.25, -0.2) is 10.2 Å². The maximum Gasteiger partial charge on any atom is 0.332 e. The molecule has 2 rings (SSSR count). The zero-order valence-electron chi connectivity index (χ0n) is 12.8. The van der Waals surface area contributed by atoms with Crippen molar-refractivity contribution in [1.29, 1.82) is 0 Å². The molecule has 0 aromatic heterocycles. The number of hydrogen-bond acceptors (Lipinski definition) is 4. The van der Waals surface area contributed by atoms with Gasteiger partial charge in [0.25, 0.3) is 0 Å². The molecule has 24 heavy (non-hydrogen) atoms. The van der Waals surface area contributed by atoms with Crippen LogP contribution in [0.2, 0.25) is 5.02 Å². The predicted molar refractivity (Wildman–Crippen MR) is 96.8 cm³/mol. The lowest BCUT2D eigenvalue weighted by Gasteiger charge is -2.12. The van der Waals surface area contributed by atoms with Gasteiger partial charge in [0.15, 0.2) is 11.5 Å². The van der Waals surface area contributed by atoms with Gasteiger partial charge in [0.1, 0.15) is 6.61 Å². The van der Waals surface area contributed by atoms with E-state index >= 15 is 0 Å².